The van der Waals surface area contributed by atoms with E-state index in [0.29, 0.717) is 43.4 Å². The second kappa shape index (κ2) is 13.7. The van der Waals surface area contributed by atoms with Gasteiger partial charge in [-0.2, -0.15) is 0 Å². The monoisotopic (exact) mass is 466 g/mol. The van der Waals surface area contributed by atoms with E-state index in [9.17, 15) is 9.59 Å². The molecule has 1 unspecified atom stereocenters. The largest absolute Gasteiger partial charge is 0.329 e. The van der Waals surface area contributed by atoms with Crippen LogP contribution in [0.2, 0.25) is 0 Å². The van der Waals surface area contributed by atoms with E-state index in [2.05, 4.69) is 79.0 Å². The van der Waals surface area contributed by atoms with Crippen LogP contribution in [0.25, 0.3) is 0 Å². The molecular formula is C27H54N4O2. The fraction of sp³-hybridized carbons (Fsp3) is 0.926. The van der Waals surface area contributed by atoms with Crippen LogP contribution in [0, 0.1) is 23.7 Å². The lowest BCUT2D eigenvalue weighted by Crippen LogP contribution is -2.54. The maximum absolute atomic E-state index is 13.9. The van der Waals surface area contributed by atoms with E-state index in [4.69, 9.17) is 0 Å². The van der Waals surface area contributed by atoms with Gasteiger partial charge < -0.3 is 0 Å². The number of nitrogens with zero attached hydrogens (tertiary/aromatic N) is 4. The highest BCUT2D eigenvalue weighted by Gasteiger charge is 2.56. The zero-order valence-electron chi connectivity index (χ0n) is 23.5. The maximum atomic E-state index is 13.9. The molecule has 33 heavy (non-hydrogen) atoms. The van der Waals surface area contributed by atoms with Crippen LogP contribution in [0.1, 0.15) is 94.9 Å². The summed E-state index contributed by atoms with van der Waals surface area (Å²) in [5.74, 6) is 1.99. The molecule has 3 amide bonds. The van der Waals surface area contributed by atoms with Crippen molar-refractivity contribution in [1.29, 1.82) is 0 Å². The van der Waals surface area contributed by atoms with Crippen molar-refractivity contribution in [3.05, 3.63) is 0 Å². The van der Waals surface area contributed by atoms with Gasteiger partial charge in [-0.25, -0.2) is 9.69 Å². The van der Waals surface area contributed by atoms with Gasteiger partial charge in [0.15, 0.2) is 0 Å². The van der Waals surface area contributed by atoms with Crippen LogP contribution in [-0.2, 0) is 4.79 Å². The second-order valence-corrected chi connectivity index (χ2v) is 11.9. The summed E-state index contributed by atoms with van der Waals surface area (Å²) in [4.78, 5) is 35.9. The van der Waals surface area contributed by atoms with Crippen LogP contribution in [0.4, 0.5) is 4.79 Å². The highest BCUT2D eigenvalue weighted by atomic mass is 16.2. The van der Waals surface area contributed by atoms with Crippen LogP contribution in [-0.4, -0.2) is 76.6 Å². The Hall–Kier alpha value is -1.14. The molecule has 6 nitrogen and oxygen atoms in total. The van der Waals surface area contributed by atoms with Gasteiger partial charge in [0, 0.05) is 26.2 Å². The summed E-state index contributed by atoms with van der Waals surface area (Å²) >= 11 is 0. The Bertz CT molecular complexity index is 585. The van der Waals surface area contributed by atoms with Crippen molar-refractivity contribution in [1.82, 2.24) is 19.6 Å². The lowest BCUT2D eigenvalue weighted by Gasteiger charge is -2.39. The molecule has 1 aliphatic rings. The van der Waals surface area contributed by atoms with E-state index >= 15 is 0 Å². The lowest BCUT2D eigenvalue weighted by molar-refractivity contribution is -0.136. The van der Waals surface area contributed by atoms with Gasteiger partial charge in [0.2, 0.25) is 0 Å². The minimum Gasteiger partial charge on any atom is -0.297 e. The molecule has 1 aliphatic heterocycles. The molecule has 6 heteroatoms. The summed E-state index contributed by atoms with van der Waals surface area (Å²) < 4.78 is 0. The topological polar surface area (TPSA) is 47.1 Å². The van der Waals surface area contributed by atoms with Crippen molar-refractivity contribution in [2.75, 3.05) is 39.5 Å². The molecule has 194 valence electrons. The normalized spacial score (nSPS) is 19.8. The highest BCUT2D eigenvalue weighted by Crippen LogP contribution is 2.36. The van der Waals surface area contributed by atoms with Gasteiger partial charge in [0.1, 0.15) is 5.54 Å². The zero-order valence-corrected chi connectivity index (χ0v) is 23.5. The first-order valence-electron chi connectivity index (χ1n) is 13.5. The molecule has 0 aromatic carbocycles. The third-order valence-corrected chi connectivity index (χ3v) is 6.33. The summed E-state index contributed by atoms with van der Waals surface area (Å²) in [5.41, 5.74) is -0.722. The Morgan fingerprint density at radius 2 is 1.15 bits per heavy atom. The van der Waals surface area contributed by atoms with Crippen LogP contribution in [0.3, 0.4) is 0 Å². The van der Waals surface area contributed by atoms with E-state index in [1.807, 2.05) is 4.90 Å². The van der Waals surface area contributed by atoms with Crippen molar-refractivity contribution in [2.24, 2.45) is 23.7 Å². The van der Waals surface area contributed by atoms with Crippen LogP contribution < -0.4 is 0 Å². The number of amides is 3. The number of urea groups is 1. The Morgan fingerprint density at radius 1 is 0.727 bits per heavy atom. The van der Waals surface area contributed by atoms with E-state index in [1.54, 1.807) is 4.90 Å². The van der Waals surface area contributed by atoms with Crippen molar-refractivity contribution in [2.45, 2.75) is 100 Å². The van der Waals surface area contributed by atoms with Crippen molar-refractivity contribution >= 4 is 11.9 Å². The number of carbonyl (C=O) groups is 2. The third kappa shape index (κ3) is 8.54. The van der Waals surface area contributed by atoms with Gasteiger partial charge in [-0.3, -0.25) is 19.5 Å². The number of hydrogen-bond acceptors (Lipinski definition) is 4. The van der Waals surface area contributed by atoms with Crippen LogP contribution in [0.5, 0.6) is 0 Å². The van der Waals surface area contributed by atoms with E-state index < -0.39 is 5.54 Å². The van der Waals surface area contributed by atoms with E-state index in [-0.39, 0.29) is 11.9 Å². The molecular weight excluding hydrogens is 412 g/mol. The minimum atomic E-state index is -0.722. The maximum Gasteiger partial charge on any atom is 0.329 e. The predicted molar refractivity (Wildman–Crippen MR) is 139 cm³/mol. The average Bonchev–Trinajstić information content (AvgIpc) is 2.86. The highest BCUT2D eigenvalue weighted by molar-refractivity contribution is 6.07. The first kappa shape index (κ1) is 29.9. The number of imide groups is 1. The zero-order chi connectivity index (χ0) is 25.3. The molecule has 1 heterocycles. The van der Waals surface area contributed by atoms with Gasteiger partial charge in [0.05, 0.1) is 13.3 Å². The first-order valence-corrected chi connectivity index (χ1v) is 13.5. The molecule has 0 aromatic rings. The summed E-state index contributed by atoms with van der Waals surface area (Å²) in [6.45, 7) is 26.4. The van der Waals surface area contributed by atoms with Gasteiger partial charge >= 0.3 is 6.03 Å². The molecule has 0 saturated carbocycles. The molecule has 0 spiro atoms. The number of hydrogen-bond donors (Lipinski definition) is 0. The minimum absolute atomic E-state index is 0.00926. The van der Waals surface area contributed by atoms with Gasteiger partial charge in [-0.1, -0.05) is 82.1 Å². The molecule has 1 atom stereocenters. The Balaban J connectivity index is 3.30. The molecule has 0 radical (unpaired) electrons. The average molecular weight is 467 g/mol. The smallest absolute Gasteiger partial charge is 0.297 e. The number of rotatable bonds is 16. The lowest BCUT2D eigenvalue weighted by atomic mass is 9.88. The molecule has 1 rings (SSSR count). The molecule has 0 bridgehead atoms. The third-order valence-electron chi connectivity index (χ3n) is 6.33. The fourth-order valence-electron chi connectivity index (χ4n) is 5.18. The molecule has 1 fully saturated rings. The number of unbranched alkanes of at least 4 members (excludes halogenated alkanes) is 1. The van der Waals surface area contributed by atoms with E-state index in [1.165, 1.54) is 0 Å². The SMILES string of the molecule is CCCCC1(CC)C(=O)N(CN(CC(C)C)CC(C)C)C(=O)N1CN(CC(C)C)CC(C)C. The summed E-state index contributed by atoms with van der Waals surface area (Å²) in [6.07, 6.45) is 3.38. The van der Waals surface area contributed by atoms with Crippen molar-refractivity contribution in [3.63, 3.8) is 0 Å². The standard InChI is InChI=1S/C27H54N4O2/c1-11-13-14-27(12-2)25(32)30(19-28(15-21(3)4)16-22(5)6)26(33)31(27)20-29(17-23(7)8)18-24(9)10/h21-24H,11-20H2,1-10H3. The molecule has 0 aliphatic carbocycles. The van der Waals surface area contributed by atoms with Gasteiger partial charge in [-0.05, 0) is 36.5 Å². The Morgan fingerprint density at radius 3 is 1.52 bits per heavy atom. The van der Waals surface area contributed by atoms with Crippen molar-refractivity contribution < 1.29 is 9.59 Å². The Kier molecular flexibility index (Phi) is 12.4. The van der Waals surface area contributed by atoms with Crippen LogP contribution in [0.15, 0.2) is 0 Å². The molecule has 1 saturated heterocycles. The van der Waals surface area contributed by atoms with Crippen LogP contribution >= 0.6 is 0 Å². The quantitative estimate of drug-likeness (QED) is 0.272. The predicted octanol–water partition coefficient (Wildman–Crippen LogP) is 5.73. The van der Waals surface area contributed by atoms with Gasteiger partial charge in [0.25, 0.3) is 5.91 Å². The molecule has 0 aromatic heterocycles. The number of carbonyl (C=O) groups excluding carboxylic acids is 2. The summed E-state index contributed by atoms with van der Waals surface area (Å²) in [5, 5.41) is 0. The summed E-state index contributed by atoms with van der Waals surface area (Å²) in [6, 6.07) is -0.104. The second-order valence-electron chi connectivity index (χ2n) is 11.9. The van der Waals surface area contributed by atoms with Crippen molar-refractivity contribution in [3.8, 4) is 0 Å². The fourth-order valence-corrected chi connectivity index (χ4v) is 5.18. The molecule has 0 N–H and O–H groups in total. The van der Waals surface area contributed by atoms with Gasteiger partial charge in [-0.15, -0.1) is 0 Å². The first-order chi connectivity index (χ1) is 15.4. The van der Waals surface area contributed by atoms with E-state index in [0.717, 1.165) is 45.4 Å². The Labute approximate surface area is 205 Å². The summed E-state index contributed by atoms with van der Waals surface area (Å²) in [7, 11) is 0.